The van der Waals surface area contributed by atoms with Gasteiger partial charge < -0.3 is 0 Å². The average molecular weight is 211 g/mol. The van der Waals surface area contributed by atoms with Crippen LogP contribution in [0.1, 0.15) is 36.8 Å². The molecule has 0 amide bonds. The average Bonchev–Trinajstić information content (AvgIpc) is 3.04. The van der Waals surface area contributed by atoms with Crippen molar-refractivity contribution in [2.24, 2.45) is 5.92 Å². The van der Waals surface area contributed by atoms with Crippen LogP contribution in [0, 0.1) is 17.2 Å². The monoisotopic (exact) mass is 211 g/mol. The van der Waals surface area contributed by atoms with Crippen LogP contribution in [0.4, 0.5) is 0 Å². The minimum absolute atomic E-state index is 0.280. The van der Waals surface area contributed by atoms with E-state index in [2.05, 4.69) is 18.2 Å². The Hall–Kier alpha value is -1.62. The number of carbonyl (C=O) groups is 1. The first-order valence-electron chi connectivity index (χ1n) is 5.77. The van der Waals surface area contributed by atoms with Crippen molar-refractivity contribution in [1.82, 2.24) is 0 Å². The fourth-order valence-corrected chi connectivity index (χ4v) is 3.07. The third kappa shape index (κ3) is 1.28. The highest BCUT2D eigenvalue weighted by atomic mass is 16.1. The van der Waals surface area contributed by atoms with Crippen molar-refractivity contribution in [3.8, 4) is 6.07 Å². The molecule has 3 rings (SSSR count). The van der Waals surface area contributed by atoms with Gasteiger partial charge in [0.1, 0.15) is 5.78 Å². The van der Waals surface area contributed by atoms with Crippen molar-refractivity contribution in [1.29, 1.82) is 5.26 Å². The lowest BCUT2D eigenvalue weighted by atomic mass is 9.82. The van der Waals surface area contributed by atoms with E-state index in [1.165, 1.54) is 5.56 Å². The van der Waals surface area contributed by atoms with Crippen LogP contribution >= 0.6 is 0 Å². The molecule has 0 aromatic heterocycles. The molecule has 0 heterocycles. The Bertz CT molecular complexity index is 482. The zero-order valence-corrected chi connectivity index (χ0v) is 9.07. The number of nitriles is 1. The molecule has 0 saturated heterocycles. The van der Waals surface area contributed by atoms with Crippen LogP contribution in [0.25, 0.3) is 0 Å². The maximum absolute atomic E-state index is 11.3. The van der Waals surface area contributed by atoms with E-state index in [4.69, 9.17) is 5.26 Å². The maximum Gasteiger partial charge on any atom is 0.133 e. The molecule has 80 valence electrons. The first kappa shape index (κ1) is 9.59. The number of rotatable bonds is 1. The molecule has 1 aromatic rings. The molecular weight excluding hydrogens is 198 g/mol. The van der Waals surface area contributed by atoms with Gasteiger partial charge in [0.25, 0.3) is 0 Å². The Morgan fingerprint density at radius 2 is 2.06 bits per heavy atom. The first-order valence-corrected chi connectivity index (χ1v) is 5.77. The molecule has 0 aliphatic heterocycles. The Balaban J connectivity index is 1.89. The Kier molecular flexibility index (Phi) is 1.91. The van der Waals surface area contributed by atoms with E-state index >= 15 is 0 Å². The highest BCUT2D eigenvalue weighted by Crippen LogP contribution is 2.61. The van der Waals surface area contributed by atoms with Gasteiger partial charge in [0.15, 0.2) is 0 Å². The largest absolute Gasteiger partial charge is 0.300 e. The number of benzene rings is 1. The summed E-state index contributed by atoms with van der Waals surface area (Å²) in [5.74, 6) is 0.994. The second-order valence-electron chi connectivity index (χ2n) is 4.99. The van der Waals surface area contributed by atoms with Crippen molar-refractivity contribution in [2.75, 3.05) is 0 Å². The summed E-state index contributed by atoms with van der Waals surface area (Å²) in [5.41, 5.74) is 2.32. The molecule has 2 unspecified atom stereocenters. The molecule has 2 heteroatoms. The predicted molar refractivity (Wildman–Crippen MR) is 59.8 cm³/mol. The molecule has 0 spiro atoms. The number of hydrogen-bond acceptors (Lipinski definition) is 2. The lowest BCUT2D eigenvalue weighted by Gasteiger charge is -2.21. The molecule has 0 bridgehead atoms. The summed E-state index contributed by atoms with van der Waals surface area (Å²) in [6, 6.07) is 10.0. The van der Waals surface area contributed by atoms with Gasteiger partial charge in [-0.3, -0.25) is 4.79 Å². The summed E-state index contributed by atoms with van der Waals surface area (Å²) >= 11 is 0. The van der Waals surface area contributed by atoms with Crippen LogP contribution in [0.5, 0.6) is 0 Å². The number of hydrogen-bond donors (Lipinski definition) is 0. The summed E-state index contributed by atoms with van der Waals surface area (Å²) in [4.78, 5) is 11.3. The highest BCUT2D eigenvalue weighted by molar-refractivity contribution is 5.81. The van der Waals surface area contributed by atoms with Crippen LogP contribution < -0.4 is 0 Å². The van der Waals surface area contributed by atoms with Gasteiger partial charge in [0, 0.05) is 12.8 Å². The molecule has 16 heavy (non-hydrogen) atoms. The van der Waals surface area contributed by atoms with Gasteiger partial charge in [0.2, 0.25) is 0 Å². The van der Waals surface area contributed by atoms with Crippen molar-refractivity contribution in [3.05, 3.63) is 35.4 Å². The maximum atomic E-state index is 11.3. The molecule has 2 atom stereocenters. The number of ketones is 1. The summed E-state index contributed by atoms with van der Waals surface area (Å²) in [7, 11) is 0. The smallest absolute Gasteiger partial charge is 0.133 e. The van der Waals surface area contributed by atoms with Gasteiger partial charge in [-0.15, -0.1) is 0 Å². The summed E-state index contributed by atoms with van der Waals surface area (Å²) in [6.45, 7) is 0. The molecule has 2 saturated carbocycles. The van der Waals surface area contributed by atoms with Gasteiger partial charge in [-0.25, -0.2) is 0 Å². The quantitative estimate of drug-likeness (QED) is 0.716. The fourth-order valence-electron chi connectivity index (χ4n) is 3.07. The van der Waals surface area contributed by atoms with Crippen molar-refractivity contribution >= 4 is 5.78 Å². The Morgan fingerprint density at radius 1 is 1.31 bits per heavy atom. The van der Waals surface area contributed by atoms with E-state index < -0.39 is 0 Å². The normalized spacial score (nSPS) is 31.7. The van der Waals surface area contributed by atoms with Crippen LogP contribution in [-0.4, -0.2) is 5.78 Å². The van der Waals surface area contributed by atoms with E-state index in [-0.39, 0.29) is 5.41 Å². The lowest BCUT2D eigenvalue weighted by molar-refractivity contribution is -0.120. The van der Waals surface area contributed by atoms with Crippen LogP contribution in [0.3, 0.4) is 0 Å². The van der Waals surface area contributed by atoms with E-state index in [0.29, 0.717) is 17.3 Å². The standard InChI is InChI=1S/C14H13NO/c15-9-10-1-3-11(4-2-10)14-6-5-13(16)7-12(14)8-14/h1-4,12H,5-8H2. The number of Topliss-reactive ketones (excluding diaryl/α,β-unsaturated/α-hetero) is 1. The van der Waals surface area contributed by atoms with E-state index in [9.17, 15) is 4.79 Å². The number of nitrogens with zero attached hydrogens (tertiary/aromatic N) is 1. The fraction of sp³-hybridized carbons (Fsp3) is 0.429. The lowest BCUT2D eigenvalue weighted by Crippen LogP contribution is -2.19. The minimum atomic E-state index is 0.280. The van der Waals surface area contributed by atoms with Gasteiger partial charge in [-0.1, -0.05) is 12.1 Å². The SMILES string of the molecule is N#Cc1ccc(C23CCC(=O)CC2C3)cc1. The third-order valence-electron chi connectivity index (χ3n) is 4.14. The zero-order valence-electron chi connectivity index (χ0n) is 9.07. The van der Waals surface area contributed by atoms with Crippen LogP contribution in [-0.2, 0) is 10.2 Å². The highest BCUT2D eigenvalue weighted by Gasteiger charge is 2.57. The van der Waals surface area contributed by atoms with Crippen LogP contribution in [0.2, 0.25) is 0 Å². The molecule has 2 nitrogen and oxygen atoms in total. The first-order chi connectivity index (χ1) is 7.74. The molecule has 0 radical (unpaired) electrons. The molecule has 1 aromatic carbocycles. The third-order valence-corrected chi connectivity index (χ3v) is 4.14. The number of carbonyl (C=O) groups excluding carboxylic acids is 1. The zero-order chi connectivity index (χ0) is 11.2. The molecule has 0 N–H and O–H groups in total. The topological polar surface area (TPSA) is 40.9 Å². The number of fused-ring (bicyclic) bond motifs is 1. The second kappa shape index (κ2) is 3.18. The summed E-state index contributed by atoms with van der Waals surface area (Å²) in [6.07, 6.45) is 3.66. The van der Waals surface area contributed by atoms with Gasteiger partial charge >= 0.3 is 0 Å². The van der Waals surface area contributed by atoms with Gasteiger partial charge in [-0.05, 0) is 41.9 Å². The van der Waals surface area contributed by atoms with E-state index in [1.807, 2.05) is 12.1 Å². The van der Waals surface area contributed by atoms with Gasteiger partial charge in [-0.2, -0.15) is 5.26 Å². The summed E-state index contributed by atoms with van der Waals surface area (Å²) < 4.78 is 0. The van der Waals surface area contributed by atoms with Crippen LogP contribution in [0.15, 0.2) is 24.3 Å². The van der Waals surface area contributed by atoms with E-state index in [0.717, 1.165) is 25.7 Å². The molecule has 2 fully saturated rings. The van der Waals surface area contributed by atoms with Gasteiger partial charge in [0.05, 0.1) is 11.6 Å². The van der Waals surface area contributed by atoms with E-state index in [1.54, 1.807) is 0 Å². The summed E-state index contributed by atoms with van der Waals surface area (Å²) in [5, 5.41) is 8.75. The second-order valence-corrected chi connectivity index (χ2v) is 4.99. The Morgan fingerprint density at radius 3 is 2.69 bits per heavy atom. The molecular formula is C14H13NO. The predicted octanol–water partition coefficient (Wildman–Crippen LogP) is 2.57. The molecule has 2 aliphatic carbocycles. The van der Waals surface area contributed by atoms with Crippen molar-refractivity contribution in [3.63, 3.8) is 0 Å². The molecule has 2 aliphatic rings. The minimum Gasteiger partial charge on any atom is -0.300 e. The Labute approximate surface area is 94.9 Å². The van der Waals surface area contributed by atoms with Crippen molar-refractivity contribution < 1.29 is 4.79 Å². The van der Waals surface area contributed by atoms with Crippen molar-refractivity contribution in [2.45, 2.75) is 31.1 Å².